The molecule has 5 nitrogen and oxygen atoms in total. The molecule has 7 heteroatoms. The Bertz CT molecular complexity index is 1290. The zero-order chi connectivity index (χ0) is 23.2. The Labute approximate surface area is 190 Å². The third-order valence-electron chi connectivity index (χ3n) is 5.10. The first-order chi connectivity index (χ1) is 16.0. The van der Waals surface area contributed by atoms with Crippen LogP contribution in [0.2, 0.25) is 0 Å². The van der Waals surface area contributed by atoms with Gasteiger partial charge in [0.1, 0.15) is 0 Å². The van der Waals surface area contributed by atoms with Crippen LogP contribution in [0.5, 0.6) is 0 Å². The normalized spacial score (nSPS) is 10.9. The van der Waals surface area contributed by atoms with Crippen molar-refractivity contribution in [1.82, 2.24) is 9.97 Å². The Balaban J connectivity index is 1.60. The SMILES string of the molecule is C=CC(=O)Nc1cccc(-c2cccc3cnc(Nc4ccc(CCC(F)F)cc4)nc23)c1. The molecule has 166 valence electrons. The second-order valence-electron chi connectivity index (χ2n) is 7.46. The molecule has 1 aromatic heterocycles. The number of aromatic nitrogens is 2. The van der Waals surface area contributed by atoms with Crippen LogP contribution in [0, 0.1) is 0 Å². The number of carbonyl (C=O) groups excluding carboxylic acids is 1. The van der Waals surface area contributed by atoms with E-state index in [0.29, 0.717) is 18.1 Å². The molecule has 0 aliphatic carbocycles. The Hall–Kier alpha value is -4.13. The van der Waals surface area contributed by atoms with Crippen molar-refractivity contribution in [3.63, 3.8) is 0 Å². The summed E-state index contributed by atoms with van der Waals surface area (Å²) < 4.78 is 24.8. The van der Waals surface area contributed by atoms with Gasteiger partial charge in [0.25, 0.3) is 0 Å². The maximum absolute atomic E-state index is 12.4. The molecule has 4 aromatic rings. The van der Waals surface area contributed by atoms with Crippen LogP contribution in [-0.2, 0) is 11.2 Å². The number of benzene rings is 3. The van der Waals surface area contributed by atoms with E-state index in [-0.39, 0.29) is 12.3 Å². The largest absolute Gasteiger partial charge is 0.324 e. The number of nitrogens with one attached hydrogen (secondary N) is 2. The number of halogens is 2. The monoisotopic (exact) mass is 444 g/mol. The van der Waals surface area contributed by atoms with Crippen molar-refractivity contribution in [1.29, 1.82) is 0 Å². The lowest BCUT2D eigenvalue weighted by Crippen LogP contribution is -2.07. The van der Waals surface area contributed by atoms with Gasteiger partial charge in [-0.05, 0) is 47.9 Å². The Morgan fingerprint density at radius 1 is 1.03 bits per heavy atom. The quantitative estimate of drug-likeness (QED) is 0.310. The van der Waals surface area contributed by atoms with Crippen molar-refractivity contribution >= 4 is 34.1 Å². The molecule has 0 radical (unpaired) electrons. The van der Waals surface area contributed by atoms with Gasteiger partial charge in [-0.25, -0.2) is 18.7 Å². The molecule has 33 heavy (non-hydrogen) atoms. The van der Waals surface area contributed by atoms with Gasteiger partial charge >= 0.3 is 0 Å². The van der Waals surface area contributed by atoms with Gasteiger partial charge in [0.2, 0.25) is 18.3 Å². The van der Waals surface area contributed by atoms with E-state index in [2.05, 4.69) is 22.2 Å². The van der Waals surface area contributed by atoms with Gasteiger partial charge in [0, 0.05) is 34.9 Å². The number of anilines is 3. The second-order valence-corrected chi connectivity index (χ2v) is 7.46. The summed E-state index contributed by atoms with van der Waals surface area (Å²) >= 11 is 0. The summed E-state index contributed by atoms with van der Waals surface area (Å²) in [6, 6.07) is 20.6. The summed E-state index contributed by atoms with van der Waals surface area (Å²) in [6.07, 6.45) is 0.847. The number of carbonyl (C=O) groups is 1. The molecule has 0 saturated carbocycles. The fraction of sp³-hybridized carbons (Fsp3) is 0.115. The minimum atomic E-state index is -2.30. The highest BCUT2D eigenvalue weighted by Gasteiger charge is 2.09. The minimum Gasteiger partial charge on any atom is -0.324 e. The topological polar surface area (TPSA) is 66.9 Å². The van der Waals surface area contributed by atoms with E-state index >= 15 is 0 Å². The minimum absolute atomic E-state index is 0.151. The molecule has 0 atom stereocenters. The van der Waals surface area contributed by atoms with E-state index in [0.717, 1.165) is 33.3 Å². The first kappa shape index (κ1) is 22.1. The highest BCUT2D eigenvalue weighted by Crippen LogP contribution is 2.30. The van der Waals surface area contributed by atoms with Crippen molar-refractivity contribution in [2.24, 2.45) is 0 Å². The third-order valence-corrected chi connectivity index (χ3v) is 5.10. The van der Waals surface area contributed by atoms with Crippen LogP contribution in [0.3, 0.4) is 0 Å². The lowest BCUT2D eigenvalue weighted by atomic mass is 10.0. The van der Waals surface area contributed by atoms with Crippen LogP contribution in [-0.4, -0.2) is 22.3 Å². The number of nitrogens with zero attached hydrogens (tertiary/aromatic N) is 2. The Kier molecular flexibility index (Phi) is 6.69. The predicted octanol–water partition coefficient (Wildman–Crippen LogP) is 6.36. The van der Waals surface area contributed by atoms with Crippen LogP contribution >= 0.6 is 0 Å². The number of para-hydroxylation sites is 1. The van der Waals surface area contributed by atoms with E-state index in [4.69, 9.17) is 4.98 Å². The second kappa shape index (κ2) is 9.99. The standard InChI is InChI=1S/C26H22F2N4O/c1-2-24(33)30-21-7-3-5-18(15-21)22-8-4-6-19-16-29-26(32-25(19)22)31-20-12-9-17(10-13-20)11-14-23(27)28/h2-10,12-13,15-16,23H,1,11,14H2,(H,30,33)(H,29,31,32). The summed E-state index contributed by atoms with van der Waals surface area (Å²) in [5.41, 5.74) is 4.84. The highest BCUT2D eigenvalue weighted by atomic mass is 19.3. The van der Waals surface area contributed by atoms with Gasteiger partial charge in [-0.2, -0.15) is 0 Å². The van der Waals surface area contributed by atoms with Gasteiger partial charge in [-0.15, -0.1) is 0 Å². The molecule has 1 amide bonds. The van der Waals surface area contributed by atoms with Gasteiger partial charge < -0.3 is 10.6 Å². The summed E-state index contributed by atoms with van der Waals surface area (Å²) in [7, 11) is 0. The van der Waals surface area contributed by atoms with Crippen LogP contribution in [0.15, 0.2) is 85.6 Å². The summed E-state index contributed by atoms with van der Waals surface area (Å²) in [5, 5.41) is 6.82. The average molecular weight is 444 g/mol. The summed E-state index contributed by atoms with van der Waals surface area (Å²) in [4.78, 5) is 20.8. The van der Waals surface area contributed by atoms with Crippen molar-refractivity contribution in [3.8, 4) is 11.1 Å². The molecular formula is C26H22F2N4O. The van der Waals surface area contributed by atoms with E-state index in [1.807, 2.05) is 66.7 Å². The molecule has 0 bridgehead atoms. The first-order valence-corrected chi connectivity index (χ1v) is 10.5. The fourth-order valence-electron chi connectivity index (χ4n) is 3.47. The van der Waals surface area contributed by atoms with Crippen molar-refractivity contribution < 1.29 is 13.6 Å². The maximum atomic E-state index is 12.4. The smallest absolute Gasteiger partial charge is 0.247 e. The molecule has 0 aliphatic rings. The van der Waals surface area contributed by atoms with Crippen molar-refractivity contribution in [2.45, 2.75) is 19.3 Å². The first-order valence-electron chi connectivity index (χ1n) is 10.5. The molecule has 0 spiro atoms. The number of hydrogen-bond acceptors (Lipinski definition) is 4. The number of hydrogen-bond donors (Lipinski definition) is 2. The van der Waals surface area contributed by atoms with E-state index in [9.17, 15) is 13.6 Å². The number of amides is 1. The van der Waals surface area contributed by atoms with Crippen LogP contribution in [0.25, 0.3) is 22.0 Å². The predicted molar refractivity (Wildman–Crippen MR) is 128 cm³/mol. The molecular weight excluding hydrogens is 422 g/mol. The van der Waals surface area contributed by atoms with E-state index in [1.54, 1.807) is 6.20 Å². The highest BCUT2D eigenvalue weighted by molar-refractivity contribution is 6.00. The third kappa shape index (κ3) is 5.57. The lowest BCUT2D eigenvalue weighted by Gasteiger charge is -2.11. The molecule has 0 saturated heterocycles. The van der Waals surface area contributed by atoms with Crippen LogP contribution in [0.4, 0.5) is 26.1 Å². The summed E-state index contributed by atoms with van der Waals surface area (Å²) in [5.74, 6) is 0.144. The Morgan fingerprint density at radius 2 is 1.82 bits per heavy atom. The van der Waals surface area contributed by atoms with Crippen molar-refractivity contribution in [2.75, 3.05) is 10.6 Å². The molecule has 0 fully saturated rings. The fourth-order valence-corrected chi connectivity index (χ4v) is 3.47. The molecule has 0 unspecified atom stereocenters. The Morgan fingerprint density at radius 3 is 2.58 bits per heavy atom. The van der Waals surface area contributed by atoms with E-state index < -0.39 is 6.43 Å². The zero-order valence-electron chi connectivity index (χ0n) is 17.8. The van der Waals surface area contributed by atoms with Gasteiger partial charge in [-0.3, -0.25) is 4.79 Å². The van der Waals surface area contributed by atoms with Crippen LogP contribution < -0.4 is 10.6 Å². The van der Waals surface area contributed by atoms with Crippen molar-refractivity contribution in [3.05, 3.63) is 91.1 Å². The number of rotatable bonds is 8. The maximum Gasteiger partial charge on any atom is 0.247 e. The van der Waals surface area contributed by atoms with E-state index in [1.165, 1.54) is 6.08 Å². The van der Waals surface area contributed by atoms with Gasteiger partial charge in [0.05, 0.1) is 5.52 Å². The molecule has 1 heterocycles. The average Bonchev–Trinajstić information content (AvgIpc) is 2.83. The number of aryl methyl sites for hydroxylation is 1. The molecule has 4 rings (SSSR count). The van der Waals surface area contributed by atoms with Gasteiger partial charge in [0.15, 0.2) is 0 Å². The number of fused-ring (bicyclic) bond motifs is 1. The van der Waals surface area contributed by atoms with Crippen LogP contribution in [0.1, 0.15) is 12.0 Å². The molecule has 2 N–H and O–H groups in total. The number of alkyl halides is 2. The lowest BCUT2D eigenvalue weighted by molar-refractivity contribution is -0.111. The zero-order valence-corrected chi connectivity index (χ0v) is 17.8. The summed E-state index contributed by atoms with van der Waals surface area (Å²) in [6.45, 7) is 3.48. The molecule has 0 aliphatic heterocycles. The van der Waals surface area contributed by atoms with Gasteiger partial charge in [-0.1, -0.05) is 49.0 Å². The molecule has 3 aromatic carbocycles.